The smallest absolute Gasteiger partial charge is 0.233 e. The minimum absolute atomic E-state index is 0.0835. The molecule has 0 bridgehead atoms. The van der Waals surface area contributed by atoms with Crippen molar-refractivity contribution in [3.8, 4) is 0 Å². The van der Waals surface area contributed by atoms with Gasteiger partial charge in [-0.15, -0.1) is 11.3 Å². The van der Waals surface area contributed by atoms with E-state index in [0.29, 0.717) is 32.6 Å². The van der Waals surface area contributed by atoms with Gasteiger partial charge in [-0.1, -0.05) is 12.2 Å². The van der Waals surface area contributed by atoms with E-state index in [9.17, 15) is 4.79 Å². The summed E-state index contributed by atoms with van der Waals surface area (Å²) in [6.07, 6.45) is 3.61. The largest absolute Gasteiger partial charge is 0.392 e. The summed E-state index contributed by atoms with van der Waals surface area (Å²) in [4.78, 5) is 16.8. The van der Waals surface area contributed by atoms with E-state index in [0.717, 1.165) is 11.4 Å². The highest BCUT2D eigenvalue weighted by Gasteiger charge is 2.42. The molecule has 1 fully saturated rings. The van der Waals surface area contributed by atoms with Crippen molar-refractivity contribution in [1.82, 2.24) is 10.3 Å². The maximum atomic E-state index is 12.3. The van der Waals surface area contributed by atoms with Crippen LogP contribution in [-0.4, -0.2) is 35.6 Å². The first kappa shape index (κ1) is 14.4. The van der Waals surface area contributed by atoms with Gasteiger partial charge in [0.05, 0.1) is 10.00 Å². The molecule has 2 heterocycles. The monoisotopic (exact) mass is 299 g/mol. The standard InChI is InChI=1S/C12H17N3O2S2/c13-10(18)12(2-6-17-7-3-12)11(16)15-4-1-9-14-5-8-19-9/h5,8H,1-4,6-7H2,(H2,13,18)(H,15,16). The van der Waals surface area contributed by atoms with Crippen LogP contribution in [0.1, 0.15) is 17.8 Å². The molecule has 0 spiro atoms. The van der Waals surface area contributed by atoms with Crippen LogP contribution in [0.25, 0.3) is 0 Å². The molecule has 0 aromatic carbocycles. The average Bonchev–Trinajstić information content (AvgIpc) is 2.92. The summed E-state index contributed by atoms with van der Waals surface area (Å²) in [5, 5.41) is 5.85. The fourth-order valence-electron chi connectivity index (χ4n) is 2.13. The Bertz CT molecular complexity index is 442. The second kappa shape index (κ2) is 6.40. The highest BCUT2D eigenvalue weighted by atomic mass is 32.1. The third-order valence-electron chi connectivity index (χ3n) is 3.36. The van der Waals surface area contributed by atoms with Gasteiger partial charge in [0.2, 0.25) is 5.91 Å². The second-order valence-electron chi connectivity index (χ2n) is 4.49. The molecule has 19 heavy (non-hydrogen) atoms. The van der Waals surface area contributed by atoms with Crippen molar-refractivity contribution in [2.24, 2.45) is 11.1 Å². The van der Waals surface area contributed by atoms with Crippen LogP contribution in [0.3, 0.4) is 0 Å². The van der Waals surface area contributed by atoms with Crippen molar-refractivity contribution in [2.45, 2.75) is 19.3 Å². The van der Waals surface area contributed by atoms with E-state index in [1.54, 1.807) is 17.5 Å². The Morgan fingerprint density at radius 1 is 1.58 bits per heavy atom. The third kappa shape index (κ3) is 3.29. The number of ether oxygens (including phenoxy) is 1. The zero-order valence-corrected chi connectivity index (χ0v) is 12.2. The van der Waals surface area contributed by atoms with E-state index in [-0.39, 0.29) is 10.9 Å². The lowest BCUT2D eigenvalue weighted by molar-refractivity contribution is -0.131. The van der Waals surface area contributed by atoms with Crippen molar-refractivity contribution in [3.63, 3.8) is 0 Å². The Balaban J connectivity index is 1.91. The van der Waals surface area contributed by atoms with Crippen LogP contribution in [0.2, 0.25) is 0 Å². The van der Waals surface area contributed by atoms with Crippen LogP contribution in [0, 0.1) is 5.41 Å². The predicted molar refractivity (Wildman–Crippen MR) is 78.1 cm³/mol. The topological polar surface area (TPSA) is 77.2 Å². The molecule has 0 saturated carbocycles. The van der Waals surface area contributed by atoms with Crippen LogP contribution in [0.4, 0.5) is 0 Å². The van der Waals surface area contributed by atoms with Gasteiger partial charge in [0.1, 0.15) is 5.41 Å². The minimum atomic E-state index is -0.740. The van der Waals surface area contributed by atoms with Gasteiger partial charge in [-0.3, -0.25) is 4.79 Å². The number of hydrogen-bond donors (Lipinski definition) is 2. The third-order valence-corrected chi connectivity index (χ3v) is 4.59. The Kier molecular flexibility index (Phi) is 4.84. The first-order valence-corrected chi connectivity index (χ1v) is 7.48. The van der Waals surface area contributed by atoms with Gasteiger partial charge >= 0.3 is 0 Å². The van der Waals surface area contributed by atoms with Gasteiger partial charge in [-0.05, 0) is 12.8 Å². The molecule has 7 heteroatoms. The van der Waals surface area contributed by atoms with E-state index < -0.39 is 5.41 Å². The number of nitrogens with zero attached hydrogens (tertiary/aromatic N) is 1. The van der Waals surface area contributed by atoms with E-state index >= 15 is 0 Å². The summed E-state index contributed by atoms with van der Waals surface area (Å²) >= 11 is 6.67. The molecule has 0 atom stereocenters. The zero-order valence-electron chi connectivity index (χ0n) is 10.6. The van der Waals surface area contributed by atoms with Gasteiger partial charge < -0.3 is 15.8 Å². The van der Waals surface area contributed by atoms with E-state index in [1.165, 1.54) is 0 Å². The first-order valence-electron chi connectivity index (χ1n) is 6.19. The summed E-state index contributed by atoms with van der Waals surface area (Å²) in [7, 11) is 0. The molecule has 3 N–H and O–H groups in total. The van der Waals surface area contributed by atoms with Crippen LogP contribution >= 0.6 is 23.6 Å². The summed E-state index contributed by atoms with van der Waals surface area (Å²) in [6.45, 7) is 1.60. The Morgan fingerprint density at radius 3 is 2.89 bits per heavy atom. The molecule has 5 nitrogen and oxygen atoms in total. The van der Waals surface area contributed by atoms with Gasteiger partial charge in [-0.25, -0.2) is 4.98 Å². The second-order valence-corrected chi connectivity index (χ2v) is 5.91. The number of thiazole rings is 1. The molecule has 1 aromatic rings. The predicted octanol–water partition coefficient (Wildman–Crippen LogP) is 0.885. The highest BCUT2D eigenvalue weighted by Crippen LogP contribution is 2.31. The first-order chi connectivity index (χ1) is 9.15. The van der Waals surface area contributed by atoms with Gasteiger partial charge in [-0.2, -0.15) is 0 Å². The number of nitrogens with one attached hydrogen (secondary N) is 1. The van der Waals surface area contributed by atoms with Crippen LogP contribution in [0.15, 0.2) is 11.6 Å². The van der Waals surface area contributed by atoms with Crippen LogP contribution in [0.5, 0.6) is 0 Å². The number of nitrogens with two attached hydrogens (primary N) is 1. The number of carbonyl (C=O) groups is 1. The summed E-state index contributed by atoms with van der Waals surface area (Å²) in [5.41, 5.74) is 5.03. The number of thiocarbonyl (C=S) groups is 1. The highest BCUT2D eigenvalue weighted by molar-refractivity contribution is 7.80. The molecule has 1 aromatic heterocycles. The normalized spacial score (nSPS) is 17.9. The fraction of sp³-hybridized carbons (Fsp3) is 0.583. The SMILES string of the molecule is NC(=S)C1(C(=O)NCCc2nccs2)CCOCC1. The molecule has 2 rings (SSSR count). The Labute approximate surface area is 121 Å². The van der Waals surface area contributed by atoms with Crippen molar-refractivity contribution in [2.75, 3.05) is 19.8 Å². The van der Waals surface area contributed by atoms with E-state index in [2.05, 4.69) is 10.3 Å². The average molecular weight is 299 g/mol. The van der Waals surface area contributed by atoms with Gasteiger partial charge in [0.15, 0.2) is 0 Å². The molecular formula is C12H17N3O2S2. The Morgan fingerprint density at radius 2 is 2.32 bits per heavy atom. The van der Waals surface area contributed by atoms with Gasteiger partial charge in [0.25, 0.3) is 0 Å². The molecular weight excluding hydrogens is 282 g/mol. The number of hydrogen-bond acceptors (Lipinski definition) is 5. The fourth-order valence-corrected chi connectivity index (χ4v) is 3.05. The number of rotatable bonds is 5. The molecule has 1 aliphatic heterocycles. The lowest BCUT2D eigenvalue weighted by atomic mass is 9.79. The number of carbonyl (C=O) groups excluding carboxylic acids is 1. The minimum Gasteiger partial charge on any atom is -0.392 e. The Hall–Kier alpha value is -1.05. The van der Waals surface area contributed by atoms with Crippen molar-refractivity contribution < 1.29 is 9.53 Å². The maximum absolute atomic E-state index is 12.3. The molecule has 0 unspecified atom stereocenters. The van der Waals surface area contributed by atoms with Crippen molar-refractivity contribution in [1.29, 1.82) is 0 Å². The summed E-state index contributed by atoms with van der Waals surface area (Å²) in [5.74, 6) is -0.0835. The zero-order chi connectivity index (χ0) is 13.7. The molecule has 1 aliphatic rings. The van der Waals surface area contributed by atoms with Crippen molar-refractivity contribution in [3.05, 3.63) is 16.6 Å². The van der Waals surface area contributed by atoms with E-state index in [4.69, 9.17) is 22.7 Å². The molecule has 0 radical (unpaired) electrons. The van der Waals surface area contributed by atoms with Crippen molar-refractivity contribution >= 4 is 34.5 Å². The maximum Gasteiger partial charge on any atom is 0.233 e. The summed E-state index contributed by atoms with van der Waals surface area (Å²) < 4.78 is 5.28. The van der Waals surface area contributed by atoms with Crippen LogP contribution < -0.4 is 11.1 Å². The molecule has 1 saturated heterocycles. The quantitative estimate of drug-likeness (QED) is 0.789. The lowest BCUT2D eigenvalue weighted by Crippen LogP contribution is -2.52. The molecule has 104 valence electrons. The lowest BCUT2D eigenvalue weighted by Gasteiger charge is -2.34. The summed E-state index contributed by atoms with van der Waals surface area (Å²) in [6, 6.07) is 0. The van der Waals surface area contributed by atoms with Gasteiger partial charge in [0, 0.05) is 37.8 Å². The number of aromatic nitrogens is 1. The van der Waals surface area contributed by atoms with E-state index in [1.807, 2.05) is 5.38 Å². The molecule has 1 amide bonds. The van der Waals surface area contributed by atoms with Crippen LogP contribution in [-0.2, 0) is 16.0 Å². The molecule has 0 aliphatic carbocycles. The number of amides is 1.